The molecule has 1 amide bonds. The molecule has 0 unspecified atom stereocenters. The molecule has 3 aromatic rings. The van der Waals surface area contributed by atoms with Gasteiger partial charge in [-0.05, 0) is 36.6 Å². The number of unbranched alkanes of at least 4 members (excludes halogenated alkanes) is 1. The number of amides is 1. The molecule has 0 N–H and O–H groups in total. The van der Waals surface area contributed by atoms with Crippen LogP contribution in [0, 0.1) is 12.3 Å². The van der Waals surface area contributed by atoms with Gasteiger partial charge in [-0.2, -0.15) is 10.1 Å². The van der Waals surface area contributed by atoms with Crippen LogP contribution in [0.25, 0.3) is 10.2 Å². The molecule has 0 bridgehead atoms. The van der Waals surface area contributed by atoms with Gasteiger partial charge in [-0.1, -0.05) is 36.7 Å². The van der Waals surface area contributed by atoms with Crippen LogP contribution >= 0.6 is 11.3 Å². The third-order valence-corrected chi connectivity index (χ3v) is 4.99. The van der Waals surface area contributed by atoms with Gasteiger partial charge in [0, 0.05) is 13.2 Å². The van der Waals surface area contributed by atoms with Gasteiger partial charge >= 0.3 is 0 Å². The largest absolute Gasteiger partial charge is 0.305 e. The number of aromatic nitrogens is 3. The Hall–Kier alpha value is -2.65. The molecule has 128 valence electrons. The molecule has 0 spiro atoms. The maximum absolute atomic E-state index is 12.4. The fourth-order valence-electron chi connectivity index (χ4n) is 2.66. The molecule has 0 saturated heterocycles. The van der Waals surface area contributed by atoms with Crippen molar-refractivity contribution in [2.45, 2.75) is 32.7 Å². The Bertz CT molecular complexity index is 1020. The first-order valence-corrected chi connectivity index (χ1v) is 9.08. The van der Waals surface area contributed by atoms with Crippen molar-refractivity contribution in [2.24, 2.45) is 12.0 Å². The van der Waals surface area contributed by atoms with Crippen LogP contribution in [-0.4, -0.2) is 20.3 Å². The fourth-order valence-corrected chi connectivity index (χ4v) is 3.75. The van der Waals surface area contributed by atoms with Crippen molar-refractivity contribution in [1.29, 1.82) is 0 Å². The van der Waals surface area contributed by atoms with Crippen LogP contribution in [0.1, 0.15) is 35.8 Å². The topological polar surface area (TPSA) is 52.2 Å². The molecule has 3 rings (SSSR count). The number of nitrogens with zero attached hydrogens (tertiary/aromatic N) is 4. The number of aryl methyl sites for hydroxylation is 2. The predicted octanol–water partition coefficient (Wildman–Crippen LogP) is 3.15. The highest BCUT2D eigenvalue weighted by Gasteiger charge is 2.11. The highest BCUT2D eigenvalue weighted by molar-refractivity contribution is 7.16. The van der Waals surface area contributed by atoms with Crippen LogP contribution in [0.5, 0.6) is 0 Å². The Labute approximate surface area is 150 Å². The third kappa shape index (κ3) is 3.72. The Morgan fingerprint density at radius 1 is 1.40 bits per heavy atom. The molecule has 0 saturated carbocycles. The molecule has 0 aliphatic rings. The van der Waals surface area contributed by atoms with Gasteiger partial charge in [-0.15, -0.1) is 6.42 Å². The summed E-state index contributed by atoms with van der Waals surface area (Å²) in [7, 11) is 1.77. The third-order valence-electron chi connectivity index (χ3n) is 3.95. The number of benzene rings is 1. The van der Waals surface area contributed by atoms with E-state index in [1.54, 1.807) is 24.0 Å². The minimum absolute atomic E-state index is 0.329. The molecule has 25 heavy (non-hydrogen) atoms. The van der Waals surface area contributed by atoms with Gasteiger partial charge in [0.15, 0.2) is 10.5 Å². The maximum atomic E-state index is 12.4. The maximum Gasteiger partial charge on any atom is 0.300 e. The summed E-state index contributed by atoms with van der Waals surface area (Å²) in [5.41, 5.74) is 2.64. The smallest absolute Gasteiger partial charge is 0.300 e. The summed E-state index contributed by atoms with van der Waals surface area (Å²) in [5.74, 6) is 2.29. The normalized spacial score (nSPS) is 11.8. The number of fused-ring (bicyclic) bond motifs is 1. The van der Waals surface area contributed by atoms with E-state index < -0.39 is 0 Å². The Morgan fingerprint density at radius 3 is 2.92 bits per heavy atom. The van der Waals surface area contributed by atoms with Crippen molar-refractivity contribution < 1.29 is 4.79 Å². The van der Waals surface area contributed by atoms with Gasteiger partial charge < -0.3 is 4.57 Å². The van der Waals surface area contributed by atoms with Crippen LogP contribution in [0.15, 0.2) is 35.5 Å². The summed E-state index contributed by atoms with van der Waals surface area (Å²) in [6.45, 7) is 2.56. The van der Waals surface area contributed by atoms with Gasteiger partial charge in [-0.25, -0.2) is 0 Å². The van der Waals surface area contributed by atoms with Crippen LogP contribution in [-0.2, 0) is 20.0 Å². The quantitative estimate of drug-likeness (QED) is 0.662. The summed E-state index contributed by atoms with van der Waals surface area (Å²) in [4.78, 5) is 17.2. The van der Waals surface area contributed by atoms with Gasteiger partial charge in [-0.3, -0.25) is 9.48 Å². The van der Waals surface area contributed by atoms with E-state index in [0.717, 1.165) is 23.1 Å². The summed E-state index contributed by atoms with van der Waals surface area (Å²) < 4.78 is 4.59. The zero-order valence-electron chi connectivity index (χ0n) is 14.4. The van der Waals surface area contributed by atoms with Crippen molar-refractivity contribution in [3.05, 3.63) is 46.5 Å². The van der Waals surface area contributed by atoms with E-state index in [1.165, 1.54) is 23.3 Å². The molecule has 1 aromatic carbocycles. The predicted molar refractivity (Wildman–Crippen MR) is 100 cm³/mol. The molecule has 6 heteroatoms. The summed E-state index contributed by atoms with van der Waals surface area (Å²) >= 11 is 1.49. The lowest BCUT2D eigenvalue weighted by molar-refractivity contribution is 0.0992. The Balaban J connectivity index is 2.06. The van der Waals surface area contributed by atoms with E-state index in [4.69, 9.17) is 6.42 Å². The van der Waals surface area contributed by atoms with Crippen molar-refractivity contribution in [2.75, 3.05) is 0 Å². The minimum atomic E-state index is -0.357. The van der Waals surface area contributed by atoms with E-state index in [1.807, 2.05) is 4.57 Å². The zero-order chi connectivity index (χ0) is 17.8. The first kappa shape index (κ1) is 17.2. The number of rotatable bonds is 5. The number of carbonyl (C=O) groups is 1. The van der Waals surface area contributed by atoms with Crippen molar-refractivity contribution in [3.8, 4) is 12.3 Å². The van der Waals surface area contributed by atoms with Crippen molar-refractivity contribution in [3.63, 3.8) is 0 Å². The van der Waals surface area contributed by atoms with Gasteiger partial charge in [0.1, 0.15) is 0 Å². The lowest BCUT2D eigenvalue weighted by Gasteiger charge is -2.02. The molecule has 0 atom stereocenters. The van der Waals surface area contributed by atoms with E-state index in [0.29, 0.717) is 17.0 Å². The fraction of sp³-hybridized carbons (Fsp3) is 0.316. The molecule has 0 radical (unpaired) electrons. The summed E-state index contributed by atoms with van der Waals surface area (Å²) in [5, 5.41) is 4.11. The summed E-state index contributed by atoms with van der Waals surface area (Å²) in [6, 6.07) is 8.03. The standard InChI is InChI=1S/C19H20N4OS/c1-4-6-7-14-8-9-16-17(13-14)25-19(23(16)11-5-2)20-18(24)15-10-12-22(3)21-15/h2,8-10,12-13H,4,6-7,11H2,1,3H3. The van der Waals surface area contributed by atoms with Crippen LogP contribution in [0.3, 0.4) is 0 Å². The van der Waals surface area contributed by atoms with Crippen LogP contribution < -0.4 is 4.80 Å². The molecular weight excluding hydrogens is 332 g/mol. The lowest BCUT2D eigenvalue weighted by atomic mass is 10.1. The molecule has 0 aliphatic carbocycles. The molecule has 0 aliphatic heterocycles. The van der Waals surface area contributed by atoms with Crippen molar-refractivity contribution in [1.82, 2.24) is 14.3 Å². The average Bonchev–Trinajstić information content (AvgIpc) is 3.17. The zero-order valence-corrected chi connectivity index (χ0v) is 15.2. The highest BCUT2D eigenvalue weighted by atomic mass is 32.1. The average molecular weight is 352 g/mol. The van der Waals surface area contributed by atoms with E-state index in [9.17, 15) is 4.79 Å². The van der Waals surface area contributed by atoms with E-state index in [-0.39, 0.29) is 5.91 Å². The van der Waals surface area contributed by atoms with Crippen LogP contribution in [0.4, 0.5) is 0 Å². The van der Waals surface area contributed by atoms with E-state index in [2.05, 4.69) is 41.1 Å². The Kier molecular flexibility index (Phi) is 5.15. The first-order valence-electron chi connectivity index (χ1n) is 8.26. The molecule has 2 heterocycles. The molecule has 2 aromatic heterocycles. The molecular formula is C19H20N4OS. The van der Waals surface area contributed by atoms with E-state index >= 15 is 0 Å². The molecule has 0 fully saturated rings. The summed E-state index contributed by atoms with van der Waals surface area (Å²) in [6.07, 6.45) is 10.6. The van der Waals surface area contributed by atoms with Gasteiger partial charge in [0.2, 0.25) is 0 Å². The van der Waals surface area contributed by atoms with Crippen LogP contribution in [0.2, 0.25) is 0 Å². The van der Waals surface area contributed by atoms with Gasteiger partial charge in [0.05, 0.1) is 16.8 Å². The van der Waals surface area contributed by atoms with Gasteiger partial charge in [0.25, 0.3) is 5.91 Å². The van der Waals surface area contributed by atoms with Crippen molar-refractivity contribution >= 4 is 27.5 Å². The first-order chi connectivity index (χ1) is 12.1. The number of hydrogen-bond donors (Lipinski definition) is 0. The lowest BCUT2D eigenvalue weighted by Crippen LogP contribution is -2.16. The minimum Gasteiger partial charge on any atom is -0.305 e. The highest BCUT2D eigenvalue weighted by Crippen LogP contribution is 2.20. The monoisotopic (exact) mass is 352 g/mol. The second-order valence-corrected chi connectivity index (χ2v) is 6.88. The number of thiazole rings is 1. The SMILES string of the molecule is C#CCn1c(=NC(=O)c2ccn(C)n2)sc2cc(CCCC)ccc21. The Morgan fingerprint density at radius 2 is 2.24 bits per heavy atom. The second kappa shape index (κ2) is 7.49. The number of carbonyl (C=O) groups excluding carboxylic acids is 1. The number of hydrogen-bond acceptors (Lipinski definition) is 3. The number of terminal acetylenes is 1. The second-order valence-electron chi connectivity index (χ2n) is 5.87. The molecule has 5 nitrogen and oxygen atoms in total.